The van der Waals surface area contributed by atoms with Gasteiger partial charge in [-0.15, -0.1) is 0 Å². The number of carbonyl (C=O) groups is 1. The smallest absolute Gasteiger partial charge is 0.254 e. The molecular formula is C20H24ClN3O. The van der Waals surface area contributed by atoms with Crippen LogP contribution in [0.2, 0.25) is 5.15 Å². The highest BCUT2D eigenvalue weighted by molar-refractivity contribution is 6.32. The summed E-state index contributed by atoms with van der Waals surface area (Å²) >= 11 is 6.02. The topological polar surface area (TPSA) is 45.2 Å². The summed E-state index contributed by atoms with van der Waals surface area (Å²) in [5.41, 5.74) is 3.25. The molecular weight excluding hydrogens is 334 g/mol. The maximum Gasteiger partial charge on any atom is 0.254 e. The van der Waals surface area contributed by atoms with Crippen molar-refractivity contribution in [3.8, 4) is 0 Å². The summed E-state index contributed by atoms with van der Waals surface area (Å²) in [6.07, 6.45) is 2.64. The van der Waals surface area contributed by atoms with Crippen molar-refractivity contribution in [2.45, 2.75) is 32.9 Å². The van der Waals surface area contributed by atoms with Crippen LogP contribution >= 0.6 is 11.6 Å². The molecule has 4 nitrogen and oxygen atoms in total. The third-order valence-electron chi connectivity index (χ3n) is 4.87. The molecule has 0 saturated heterocycles. The van der Waals surface area contributed by atoms with E-state index in [9.17, 15) is 4.79 Å². The van der Waals surface area contributed by atoms with Gasteiger partial charge in [-0.1, -0.05) is 49.7 Å². The fourth-order valence-electron chi connectivity index (χ4n) is 3.43. The van der Waals surface area contributed by atoms with Gasteiger partial charge in [0, 0.05) is 31.9 Å². The van der Waals surface area contributed by atoms with Crippen molar-refractivity contribution in [1.29, 1.82) is 0 Å². The van der Waals surface area contributed by atoms with Crippen LogP contribution in [0.4, 0.5) is 0 Å². The third kappa shape index (κ3) is 4.20. The molecule has 1 atom stereocenters. The van der Waals surface area contributed by atoms with Gasteiger partial charge in [0.1, 0.15) is 5.15 Å². The molecule has 1 N–H and O–H groups in total. The highest BCUT2D eigenvalue weighted by Crippen LogP contribution is 2.23. The van der Waals surface area contributed by atoms with Crippen LogP contribution in [0.15, 0.2) is 42.6 Å². The first-order valence-corrected chi connectivity index (χ1v) is 9.13. The highest BCUT2D eigenvalue weighted by Gasteiger charge is 2.26. The Morgan fingerprint density at radius 1 is 1.24 bits per heavy atom. The number of halogens is 1. The number of fused-ring (bicyclic) bond motifs is 1. The van der Waals surface area contributed by atoms with E-state index in [2.05, 4.69) is 53.3 Å². The van der Waals surface area contributed by atoms with E-state index in [4.69, 9.17) is 11.6 Å². The van der Waals surface area contributed by atoms with Crippen LogP contribution in [-0.4, -0.2) is 34.9 Å². The van der Waals surface area contributed by atoms with Crippen LogP contribution in [0.25, 0.3) is 0 Å². The fourth-order valence-corrected chi connectivity index (χ4v) is 3.64. The maximum absolute atomic E-state index is 12.4. The average Bonchev–Trinajstić information content (AvgIpc) is 2.61. The van der Waals surface area contributed by atoms with E-state index in [0.29, 0.717) is 18.0 Å². The van der Waals surface area contributed by atoms with Crippen LogP contribution < -0.4 is 5.32 Å². The Morgan fingerprint density at radius 2 is 2.00 bits per heavy atom. The molecule has 1 aromatic carbocycles. The fraction of sp³-hybridized carbons (Fsp3) is 0.400. The van der Waals surface area contributed by atoms with Gasteiger partial charge >= 0.3 is 0 Å². The Hall–Kier alpha value is -1.91. The lowest BCUT2D eigenvalue weighted by Crippen LogP contribution is -2.48. The van der Waals surface area contributed by atoms with E-state index in [1.54, 1.807) is 18.3 Å². The van der Waals surface area contributed by atoms with Crippen LogP contribution in [0.5, 0.6) is 0 Å². The molecule has 1 amide bonds. The number of rotatable bonds is 5. The minimum Gasteiger partial charge on any atom is -0.350 e. The Balaban J connectivity index is 1.66. The van der Waals surface area contributed by atoms with Crippen LogP contribution in [0.1, 0.15) is 35.3 Å². The van der Waals surface area contributed by atoms with Gasteiger partial charge in [0.2, 0.25) is 0 Å². The summed E-state index contributed by atoms with van der Waals surface area (Å²) in [5.74, 6) is 0.274. The first-order chi connectivity index (χ1) is 12.1. The second-order valence-electron chi connectivity index (χ2n) is 6.85. The summed E-state index contributed by atoms with van der Waals surface area (Å²) in [4.78, 5) is 18.9. The van der Waals surface area contributed by atoms with Gasteiger partial charge in [-0.2, -0.15) is 0 Å². The molecule has 2 aromatic rings. The van der Waals surface area contributed by atoms with Gasteiger partial charge in [-0.25, -0.2) is 4.98 Å². The summed E-state index contributed by atoms with van der Waals surface area (Å²) in [5, 5.41) is 3.28. The molecule has 0 aliphatic carbocycles. The molecule has 25 heavy (non-hydrogen) atoms. The Labute approximate surface area is 154 Å². The zero-order chi connectivity index (χ0) is 17.8. The monoisotopic (exact) mass is 357 g/mol. The van der Waals surface area contributed by atoms with Gasteiger partial charge < -0.3 is 5.32 Å². The average molecular weight is 358 g/mol. The third-order valence-corrected chi connectivity index (χ3v) is 5.18. The van der Waals surface area contributed by atoms with Crippen LogP contribution in [0, 0.1) is 5.92 Å². The van der Waals surface area contributed by atoms with Gasteiger partial charge in [0.15, 0.2) is 0 Å². The molecule has 1 aliphatic heterocycles. The largest absolute Gasteiger partial charge is 0.350 e. The quantitative estimate of drug-likeness (QED) is 0.832. The van der Waals surface area contributed by atoms with Crippen molar-refractivity contribution >= 4 is 17.5 Å². The van der Waals surface area contributed by atoms with Crippen LogP contribution in [0.3, 0.4) is 0 Å². The molecule has 2 heterocycles. The molecule has 0 spiro atoms. The zero-order valence-electron chi connectivity index (χ0n) is 14.7. The van der Waals surface area contributed by atoms with E-state index in [-0.39, 0.29) is 17.1 Å². The Bertz CT molecular complexity index is 747. The number of hydrogen-bond acceptors (Lipinski definition) is 3. The van der Waals surface area contributed by atoms with Crippen LogP contribution in [-0.2, 0) is 13.0 Å². The summed E-state index contributed by atoms with van der Waals surface area (Å²) in [6.45, 7) is 6.96. The number of pyridine rings is 1. The number of carbonyl (C=O) groups excluding carboxylic acids is 1. The van der Waals surface area contributed by atoms with E-state index < -0.39 is 0 Å². The molecule has 0 unspecified atom stereocenters. The minimum absolute atomic E-state index is 0.166. The highest BCUT2D eigenvalue weighted by atomic mass is 35.5. The number of amides is 1. The van der Waals surface area contributed by atoms with Crippen molar-refractivity contribution < 1.29 is 4.79 Å². The SMILES string of the molecule is CC(C)[C@@H](CNC(=O)c1cccnc1Cl)N1CCc2ccccc2C1. The summed E-state index contributed by atoms with van der Waals surface area (Å²) in [7, 11) is 0. The van der Waals surface area contributed by atoms with Crippen molar-refractivity contribution in [3.05, 3.63) is 64.4 Å². The minimum atomic E-state index is -0.166. The van der Waals surface area contributed by atoms with Gasteiger partial charge in [0.05, 0.1) is 5.56 Å². The van der Waals surface area contributed by atoms with E-state index in [1.165, 1.54) is 11.1 Å². The second kappa shape index (κ2) is 7.98. The first-order valence-electron chi connectivity index (χ1n) is 8.76. The lowest BCUT2D eigenvalue weighted by molar-refractivity contribution is 0.0904. The number of nitrogens with zero attached hydrogens (tertiary/aromatic N) is 2. The predicted molar refractivity (Wildman–Crippen MR) is 101 cm³/mol. The second-order valence-corrected chi connectivity index (χ2v) is 7.21. The van der Waals surface area contributed by atoms with Crippen molar-refractivity contribution in [2.24, 2.45) is 5.92 Å². The molecule has 0 saturated carbocycles. The number of hydrogen-bond donors (Lipinski definition) is 1. The Morgan fingerprint density at radius 3 is 2.72 bits per heavy atom. The van der Waals surface area contributed by atoms with Gasteiger partial charge in [-0.05, 0) is 35.6 Å². The first kappa shape index (κ1) is 17.9. The molecule has 0 bridgehead atoms. The molecule has 0 radical (unpaired) electrons. The molecule has 132 valence electrons. The molecule has 0 fully saturated rings. The maximum atomic E-state index is 12.4. The number of nitrogens with one attached hydrogen (secondary N) is 1. The molecule has 3 rings (SSSR count). The summed E-state index contributed by atoms with van der Waals surface area (Å²) < 4.78 is 0. The zero-order valence-corrected chi connectivity index (χ0v) is 15.5. The standard InChI is InChI=1S/C20H24ClN3O/c1-14(2)18(12-23-20(25)17-8-5-10-22-19(17)21)24-11-9-15-6-3-4-7-16(15)13-24/h3-8,10,14,18H,9,11-13H2,1-2H3,(H,23,25)/t18-/m1/s1. The number of benzene rings is 1. The molecule has 1 aromatic heterocycles. The van der Waals surface area contributed by atoms with Gasteiger partial charge in [0.25, 0.3) is 5.91 Å². The molecule has 5 heteroatoms. The summed E-state index contributed by atoms with van der Waals surface area (Å²) in [6, 6.07) is 12.3. The number of aromatic nitrogens is 1. The van der Waals surface area contributed by atoms with E-state index in [0.717, 1.165) is 19.5 Å². The van der Waals surface area contributed by atoms with E-state index >= 15 is 0 Å². The van der Waals surface area contributed by atoms with Gasteiger partial charge in [-0.3, -0.25) is 9.69 Å². The Kier molecular flexibility index (Phi) is 5.71. The lowest BCUT2D eigenvalue weighted by Gasteiger charge is -2.38. The molecule has 1 aliphatic rings. The van der Waals surface area contributed by atoms with Crippen molar-refractivity contribution in [1.82, 2.24) is 15.2 Å². The normalized spacial score (nSPS) is 15.7. The van der Waals surface area contributed by atoms with Crippen molar-refractivity contribution in [3.63, 3.8) is 0 Å². The van der Waals surface area contributed by atoms with Crippen molar-refractivity contribution in [2.75, 3.05) is 13.1 Å². The van der Waals surface area contributed by atoms with E-state index in [1.807, 2.05) is 0 Å². The predicted octanol–water partition coefficient (Wildman–Crippen LogP) is 3.55. The lowest BCUT2D eigenvalue weighted by atomic mass is 9.95.